The number of carbonyl (C=O) groups is 2. The average Bonchev–Trinajstić information content (AvgIpc) is 2.71. The number of nitrogens with one attached hydrogen (secondary N) is 1. The Balaban J connectivity index is 2.09. The van der Waals surface area contributed by atoms with Gasteiger partial charge < -0.3 is 14.8 Å². The summed E-state index contributed by atoms with van der Waals surface area (Å²) in [6.45, 7) is 5.07. The van der Waals surface area contributed by atoms with Crippen LogP contribution >= 0.6 is 0 Å². The molecule has 31 heavy (non-hydrogen) atoms. The lowest BCUT2D eigenvalue weighted by atomic mass is 10.0. The lowest BCUT2D eigenvalue weighted by Crippen LogP contribution is -2.38. The molecule has 2 unspecified atom stereocenters. The monoisotopic (exact) mass is 439 g/mol. The van der Waals surface area contributed by atoms with Gasteiger partial charge in [0, 0.05) is 12.4 Å². The van der Waals surface area contributed by atoms with E-state index in [1.807, 2.05) is 0 Å². The van der Waals surface area contributed by atoms with Crippen LogP contribution in [0.4, 0.5) is 18.0 Å². The lowest BCUT2D eigenvalue weighted by Gasteiger charge is -2.21. The first kappa shape index (κ1) is 24.1. The molecule has 2 atom stereocenters. The predicted molar refractivity (Wildman–Crippen MR) is 105 cm³/mol. The number of hydrogen-bond donors (Lipinski definition) is 1. The third kappa shape index (κ3) is 7.54. The van der Waals surface area contributed by atoms with Gasteiger partial charge in [-0.3, -0.25) is 0 Å². The van der Waals surface area contributed by atoms with Crippen molar-refractivity contribution >= 4 is 12.1 Å². The summed E-state index contributed by atoms with van der Waals surface area (Å²) in [7, 11) is 0. The molecule has 1 amide bonds. The number of alkyl halides is 3. The van der Waals surface area contributed by atoms with Crippen LogP contribution in [0.15, 0.2) is 42.7 Å². The summed E-state index contributed by atoms with van der Waals surface area (Å²) in [5, 5.41) is 2.57. The van der Waals surface area contributed by atoms with Crippen LogP contribution in [0.2, 0.25) is 0 Å². The van der Waals surface area contributed by atoms with Gasteiger partial charge in [-0.25, -0.2) is 19.6 Å². The molecule has 0 fully saturated rings. The topological polar surface area (TPSA) is 90.4 Å². The van der Waals surface area contributed by atoms with Gasteiger partial charge in [0.15, 0.2) is 0 Å². The van der Waals surface area contributed by atoms with E-state index >= 15 is 0 Å². The first-order valence-electron chi connectivity index (χ1n) is 9.70. The quantitative estimate of drug-likeness (QED) is 0.619. The zero-order valence-corrected chi connectivity index (χ0v) is 17.3. The molecule has 1 N–H and O–H groups in total. The number of nitrogens with zero attached hydrogens (tertiary/aromatic N) is 2. The van der Waals surface area contributed by atoms with Gasteiger partial charge >= 0.3 is 18.2 Å². The van der Waals surface area contributed by atoms with Crippen molar-refractivity contribution in [2.45, 2.75) is 58.0 Å². The van der Waals surface area contributed by atoms with Crippen LogP contribution in [-0.2, 0) is 26.9 Å². The highest BCUT2D eigenvalue weighted by atomic mass is 19.4. The number of rotatable bonds is 8. The number of hydrogen-bond acceptors (Lipinski definition) is 6. The zero-order chi connectivity index (χ0) is 23.0. The Labute approximate surface area is 178 Å². The van der Waals surface area contributed by atoms with Crippen molar-refractivity contribution in [3.63, 3.8) is 0 Å². The molecular formula is C21H24F3N3O4. The number of ether oxygens (including phenoxy) is 2. The highest BCUT2D eigenvalue weighted by Gasteiger charge is 2.31. The van der Waals surface area contributed by atoms with Gasteiger partial charge in [-0.2, -0.15) is 13.2 Å². The van der Waals surface area contributed by atoms with E-state index in [0.29, 0.717) is 12.0 Å². The Bertz CT molecular complexity index is 858. The molecule has 2 rings (SSSR count). The summed E-state index contributed by atoms with van der Waals surface area (Å²) in [6.07, 6.45) is -3.77. The van der Waals surface area contributed by atoms with Crippen LogP contribution < -0.4 is 5.32 Å². The third-order valence-electron chi connectivity index (χ3n) is 4.19. The summed E-state index contributed by atoms with van der Waals surface area (Å²) < 4.78 is 48.7. The fourth-order valence-electron chi connectivity index (χ4n) is 2.71. The van der Waals surface area contributed by atoms with Crippen molar-refractivity contribution in [3.05, 3.63) is 59.7 Å². The maximum Gasteiger partial charge on any atom is 0.416 e. The lowest BCUT2D eigenvalue weighted by molar-refractivity contribution is -0.157. The van der Waals surface area contributed by atoms with Gasteiger partial charge in [0.2, 0.25) is 6.10 Å². The van der Waals surface area contributed by atoms with Gasteiger partial charge in [-0.15, -0.1) is 0 Å². The summed E-state index contributed by atoms with van der Waals surface area (Å²) in [4.78, 5) is 32.8. The summed E-state index contributed by atoms with van der Waals surface area (Å²) >= 11 is 0. The minimum absolute atomic E-state index is 0.0864. The summed E-state index contributed by atoms with van der Waals surface area (Å²) in [5.41, 5.74) is -0.312. The molecule has 0 aliphatic rings. The second-order valence-electron chi connectivity index (χ2n) is 6.97. The minimum atomic E-state index is -4.45. The molecule has 1 aromatic carbocycles. The molecule has 0 saturated heterocycles. The van der Waals surface area contributed by atoms with E-state index in [1.54, 1.807) is 26.8 Å². The van der Waals surface area contributed by atoms with Crippen LogP contribution in [-0.4, -0.2) is 34.2 Å². The number of halogens is 3. The maximum absolute atomic E-state index is 12.8. The largest absolute Gasteiger partial charge is 0.460 e. The number of esters is 1. The minimum Gasteiger partial charge on any atom is -0.460 e. The van der Waals surface area contributed by atoms with Crippen molar-refractivity contribution in [2.24, 2.45) is 0 Å². The Hall–Kier alpha value is -3.17. The molecule has 7 nitrogen and oxygen atoms in total. The van der Waals surface area contributed by atoms with E-state index in [2.05, 4.69) is 15.3 Å². The highest BCUT2D eigenvalue weighted by Crippen LogP contribution is 2.30. The standard InChI is InChI=1S/C21H24F3N3O4/c1-4-16(14-6-8-15(9-7-14)21(22,23)24)27-20(29)31-17(19(28)30-13(2)3)12-18-25-10-5-11-26-18/h5-11,13,16-17H,4,12H2,1-3H3,(H,27,29). The van der Waals surface area contributed by atoms with Crippen molar-refractivity contribution in [3.8, 4) is 0 Å². The van der Waals surface area contributed by atoms with Crippen molar-refractivity contribution in [2.75, 3.05) is 0 Å². The molecule has 1 aromatic heterocycles. The Morgan fingerprint density at radius 3 is 2.19 bits per heavy atom. The SMILES string of the molecule is CCC(NC(=O)OC(Cc1ncccn1)C(=O)OC(C)C)c1ccc(C(F)(F)F)cc1. The molecule has 2 aromatic rings. The third-order valence-corrected chi connectivity index (χ3v) is 4.19. The second-order valence-corrected chi connectivity index (χ2v) is 6.97. The van der Waals surface area contributed by atoms with Crippen molar-refractivity contribution in [1.29, 1.82) is 0 Å². The van der Waals surface area contributed by atoms with E-state index < -0.39 is 42.1 Å². The van der Waals surface area contributed by atoms with Crippen LogP contribution in [0.3, 0.4) is 0 Å². The molecule has 0 spiro atoms. The van der Waals surface area contributed by atoms with Crippen LogP contribution in [0.1, 0.15) is 50.2 Å². The second kappa shape index (κ2) is 10.7. The maximum atomic E-state index is 12.8. The van der Waals surface area contributed by atoms with Crippen LogP contribution in [0.25, 0.3) is 0 Å². The molecule has 0 radical (unpaired) electrons. The number of alkyl carbamates (subject to hydrolysis) is 1. The molecule has 0 aliphatic heterocycles. The van der Waals surface area contributed by atoms with Crippen LogP contribution in [0.5, 0.6) is 0 Å². The van der Waals surface area contributed by atoms with Gasteiger partial charge in [0.25, 0.3) is 0 Å². The highest BCUT2D eigenvalue weighted by molar-refractivity contribution is 5.79. The Morgan fingerprint density at radius 1 is 1.06 bits per heavy atom. The first-order chi connectivity index (χ1) is 14.6. The van der Waals surface area contributed by atoms with Crippen molar-refractivity contribution in [1.82, 2.24) is 15.3 Å². The van der Waals surface area contributed by atoms with Crippen molar-refractivity contribution < 1.29 is 32.2 Å². The fraction of sp³-hybridized carbons (Fsp3) is 0.429. The zero-order valence-electron chi connectivity index (χ0n) is 17.3. The summed E-state index contributed by atoms with van der Waals surface area (Å²) in [5.74, 6) is -0.462. The smallest absolute Gasteiger partial charge is 0.416 e. The number of aromatic nitrogens is 2. The van der Waals surface area contributed by atoms with E-state index in [4.69, 9.17) is 9.47 Å². The van der Waals surface area contributed by atoms with Gasteiger partial charge in [-0.05, 0) is 44.0 Å². The van der Waals surface area contributed by atoms with Gasteiger partial charge in [-0.1, -0.05) is 19.1 Å². The van der Waals surface area contributed by atoms with Crippen LogP contribution in [0, 0.1) is 0 Å². The Kier molecular flexibility index (Phi) is 8.35. The molecule has 0 bridgehead atoms. The number of benzene rings is 1. The molecule has 0 aliphatic carbocycles. The Morgan fingerprint density at radius 2 is 1.68 bits per heavy atom. The van der Waals surface area contributed by atoms with E-state index in [9.17, 15) is 22.8 Å². The van der Waals surface area contributed by atoms with E-state index in [0.717, 1.165) is 12.1 Å². The molecule has 168 valence electrons. The van der Waals surface area contributed by atoms with Gasteiger partial charge in [0.05, 0.1) is 24.1 Å². The average molecular weight is 439 g/mol. The fourth-order valence-corrected chi connectivity index (χ4v) is 2.71. The van der Waals surface area contributed by atoms with Gasteiger partial charge in [0.1, 0.15) is 5.82 Å². The summed E-state index contributed by atoms with van der Waals surface area (Å²) in [6, 6.07) is 5.47. The van der Waals surface area contributed by atoms with E-state index in [-0.39, 0.29) is 12.2 Å². The van der Waals surface area contributed by atoms with E-state index in [1.165, 1.54) is 24.5 Å². The number of amides is 1. The predicted octanol–water partition coefficient (Wildman–Crippen LogP) is 4.24. The molecule has 10 heteroatoms. The first-order valence-corrected chi connectivity index (χ1v) is 9.70. The molecule has 1 heterocycles. The molecule has 0 saturated carbocycles. The number of carbonyl (C=O) groups excluding carboxylic acids is 2. The normalized spacial score (nSPS) is 13.4. The molecular weight excluding hydrogens is 415 g/mol.